The number of aliphatic imine (C=N–C) groups is 1. The van der Waals surface area contributed by atoms with E-state index in [-0.39, 0.29) is 6.10 Å². The van der Waals surface area contributed by atoms with Crippen LogP contribution in [0, 0.1) is 6.92 Å². The van der Waals surface area contributed by atoms with Crippen LogP contribution in [0.15, 0.2) is 17.1 Å². The summed E-state index contributed by atoms with van der Waals surface area (Å²) >= 11 is 4.57. The number of methoxy groups -OCH3 is 1. The van der Waals surface area contributed by atoms with Gasteiger partial charge in [0.25, 0.3) is 0 Å². The molecule has 0 saturated carbocycles. The number of ether oxygens (including phenoxy) is 2. The molecule has 0 aromatic heterocycles. The zero-order valence-corrected chi connectivity index (χ0v) is 11.6. The normalized spacial score (nSPS) is 9.83. The third kappa shape index (κ3) is 3.39. The highest BCUT2D eigenvalue weighted by Gasteiger charge is 2.17. The van der Waals surface area contributed by atoms with Crippen molar-refractivity contribution in [3.8, 4) is 5.75 Å². The Morgan fingerprint density at radius 3 is 2.61 bits per heavy atom. The molecule has 4 nitrogen and oxygen atoms in total. The van der Waals surface area contributed by atoms with E-state index in [0.717, 1.165) is 5.56 Å². The Hall–Kier alpha value is -1.71. The Balaban J connectivity index is 3.27. The van der Waals surface area contributed by atoms with Gasteiger partial charge in [0.1, 0.15) is 11.3 Å². The lowest BCUT2D eigenvalue weighted by Crippen LogP contribution is -2.12. The summed E-state index contributed by atoms with van der Waals surface area (Å²) in [7, 11) is 1.50. The second kappa shape index (κ2) is 6.28. The lowest BCUT2D eigenvalue weighted by molar-refractivity contribution is 0.0374. The quantitative estimate of drug-likeness (QED) is 0.476. The minimum Gasteiger partial charge on any atom is -0.496 e. The molecule has 1 aromatic rings. The molecular weight excluding hydrogens is 250 g/mol. The van der Waals surface area contributed by atoms with Gasteiger partial charge >= 0.3 is 5.97 Å². The molecule has 0 radical (unpaired) electrons. The SMILES string of the molecule is COc1cc(C)c(N=C=S)cc1C(=O)OC(C)C. The van der Waals surface area contributed by atoms with Gasteiger partial charge in [-0.3, -0.25) is 0 Å². The molecule has 0 aliphatic heterocycles. The summed E-state index contributed by atoms with van der Waals surface area (Å²) in [4.78, 5) is 15.8. The standard InChI is InChI=1S/C13H15NO3S/c1-8(2)17-13(15)10-6-11(14-7-18)9(3)5-12(10)16-4/h5-6,8H,1-4H3. The lowest BCUT2D eigenvalue weighted by Gasteiger charge is -2.12. The smallest absolute Gasteiger partial charge is 0.342 e. The van der Waals surface area contributed by atoms with Gasteiger partial charge < -0.3 is 9.47 Å². The molecule has 0 N–H and O–H groups in total. The molecule has 0 heterocycles. The van der Waals surface area contributed by atoms with E-state index in [0.29, 0.717) is 17.0 Å². The number of nitrogens with zero attached hydrogens (tertiary/aromatic N) is 1. The van der Waals surface area contributed by atoms with Gasteiger partial charge in [0, 0.05) is 0 Å². The van der Waals surface area contributed by atoms with Crippen molar-refractivity contribution < 1.29 is 14.3 Å². The average molecular weight is 265 g/mol. The van der Waals surface area contributed by atoms with Crippen molar-refractivity contribution in [3.05, 3.63) is 23.3 Å². The van der Waals surface area contributed by atoms with Crippen molar-refractivity contribution in [1.29, 1.82) is 0 Å². The van der Waals surface area contributed by atoms with E-state index in [1.807, 2.05) is 6.92 Å². The summed E-state index contributed by atoms with van der Waals surface area (Å²) in [5.41, 5.74) is 1.77. The Bertz CT molecular complexity index is 505. The fourth-order valence-electron chi connectivity index (χ4n) is 1.45. The monoisotopic (exact) mass is 265 g/mol. The third-order valence-electron chi connectivity index (χ3n) is 2.25. The highest BCUT2D eigenvalue weighted by atomic mass is 32.1. The molecule has 0 saturated heterocycles. The van der Waals surface area contributed by atoms with Crippen LogP contribution in [0.5, 0.6) is 5.75 Å². The van der Waals surface area contributed by atoms with Gasteiger partial charge in [0.15, 0.2) is 0 Å². The second-order valence-corrected chi connectivity index (χ2v) is 4.18. The van der Waals surface area contributed by atoms with Crippen molar-refractivity contribution in [2.24, 2.45) is 4.99 Å². The number of esters is 1. The first-order chi connectivity index (χ1) is 8.49. The molecule has 1 rings (SSSR count). The predicted molar refractivity (Wildman–Crippen MR) is 73.0 cm³/mol. The number of hydrogen-bond acceptors (Lipinski definition) is 5. The highest BCUT2D eigenvalue weighted by Crippen LogP contribution is 2.29. The summed E-state index contributed by atoms with van der Waals surface area (Å²) in [5.74, 6) is 0.0177. The first-order valence-corrected chi connectivity index (χ1v) is 5.88. The predicted octanol–water partition coefficient (Wildman–Crippen LogP) is 3.30. The molecule has 96 valence electrons. The average Bonchev–Trinajstić information content (AvgIpc) is 2.30. The van der Waals surface area contributed by atoms with Crippen molar-refractivity contribution in [2.45, 2.75) is 26.9 Å². The fourth-order valence-corrected chi connectivity index (χ4v) is 1.54. The Morgan fingerprint density at radius 2 is 2.11 bits per heavy atom. The van der Waals surface area contributed by atoms with Gasteiger partial charge in [0.2, 0.25) is 0 Å². The van der Waals surface area contributed by atoms with E-state index in [1.54, 1.807) is 26.0 Å². The minimum absolute atomic E-state index is 0.194. The van der Waals surface area contributed by atoms with Crippen LogP contribution in [0.1, 0.15) is 29.8 Å². The van der Waals surface area contributed by atoms with Crippen LogP contribution in [0.3, 0.4) is 0 Å². The van der Waals surface area contributed by atoms with E-state index in [2.05, 4.69) is 22.4 Å². The lowest BCUT2D eigenvalue weighted by atomic mass is 10.1. The van der Waals surface area contributed by atoms with Crippen LogP contribution in [0.4, 0.5) is 5.69 Å². The fraction of sp³-hybridized carbons (Fsp3) is 0.385. The van der Waals surface area contributed by atoms with Gasteiger partial charge in [-0.15, -0.1) is 0 Å². The first-order valence-electron chi connectivity index (χ1n) is 5.47. The van der Waals surface area contributed by atoms with Crippen molar-refractivity contribution >= 4 is 29.0 Å². The summed E-state index contributed by atoms with van der Waals surface area (Å²) in [5, 5.41) is 2.28. The number of carbonyl (C=O) groups excluding carboxylic acids is 1. The number of hydrogen-bond donors (Lipinski definition) is 0. The van der Waals surface area contributed by atoms with Crippen LogP contribution in [-0.2, 0) is 4.74 Å². The molecule has 0 aliphatic rings. The number of benzene rings is 1. The maximum absolute atomic E-state index is 11.9. The molecule has 0 unspecified atom stereocenters. The molecule has 0 aliphatic carbocycles. The molecular formula is C13H15NO3S. The molecule has 0 bridgehead atoms. The molecule has 0 fully saturated rings. The van der Waals surface area contributed by atoms with Crippen LogP contribution in [0.2, 0.25) is 0 Å². The zero-order chi connectivity index (χ0) is 13.7. The van der Waals surface area contributed by atoms with E-state index in [4.69, 9.17) is 9.47 Å². The maximum atomic E-state index is 11.9. The number of thiocarbonyl (C=S) groups is 1. The number of carbonyl (C=O) groups is 1. The van der Waals surface area contributed by atoms with Gasteiger partial charge in [-0.2, -0.15) is 4.99 Å². The molecule has 0 amide bonds. The third-order valence-corrected chi connectivity index (χ3v) is 2.34. The summed E-state index contributed by atoms with van der Waals surface area (Å²) in [6.45, 7) is 5.43. The first kappa shape index (κ1) is 14.4. The van der Waals surface area contributed by atoms with Gasteiger partial charge in [-0.05, 0) is 50.7 Å². The second-order valence-electron chi connectivity index (χ2n) is 4.00. The minimum atomic E-state index is -0.442. The summed E-state index contributed by atoms with van der Waals surface area (Å²) < 4.78 is 10.3. The molecule has 18 heavy (non-hydrogen) atoms. The number of isothiocyanates is 1. The van der Waals surface area contributed by atoms with Crippen molar-refractivity contribution in [3.63, 3.8) is 0 Å². The Kier molecular flexibility index (Phi) is 5.01. The van der Waals surface area contributed by atoms with Crippen molar-refractivity contribution in [1.82, 2.24) is 0 Å². The van der Waals surface area contributed by atoms with E-state index in [1.165, 1.54) is 7.11 Å². The maximum Gasteiger partial charge on any atom is 0.342 e. The van der Waals surface area contributed by atoms with Crippen LogP contribution >= 0.6 is 12.2 Å². The Labute approximate surface area is 112 Å². The van der Waals surface area contributed by atoms with Gasteiger partial charge in [-0.1, -0.05) is 0 Å². The topological polar surface area (TPSA) is 47.9 Å². The van der Waals surface area contributed by atoms with Gasteiger partial charge in [-0.25, -0.2) is 4.79 Å². The van der Waals surface area contributed by atoms with Crippen LogP contribution in [-0.4, -0.2) is 24.3 Å². The Morgan fingerprint density at radius 1 is 1.44 bits per heavy atom. The van der Waals surface area contributed by atoms with E-state index >= 15 is 0 Å². The summed E-state index contributed by atoms with van der Waals surface area (Å²) in [6, 6.07) is 3.32. The molecule has 1 aromatic carbocycles. The highest BCUT2D eigenvalue weighted by molar-refractivity contribution is 7.78. The van der Waals surface area contributed by atoms with E-state index < -0.39 is 5.97 Å². The van der Waals surface area contributed by atoms with Gasteiger partial charge in [0.05, 0.1) is 24.1 Å². The largest absolute Gasteiger partial charge is 0.496 e. The zero-order valence-electron chi connectivity index (χ0n) is 10.8. The molecule has 0 atom stereocenters. The van der Waals surface area contributed by atoms with Crippen LogP contribution < -0.4 is 4.74 Å². The number of aryl methyl sites for hydroxylation is 1. The summed E-state index contributed by atoms with van der Waals surface area (Å²) in [6.07, 6.45) is -0.194. The molecule has 0 spiro atoms. The van der Waals surface area contributed by atoms with Crippen molar-refractivity contribution in [2.75, 3.05) is 7.11 Å². The van der Waals surface area contributed by atoms with E-state index in [9.17, 15) is 4.79 Å². The number of rotatable bonds is 4. The molecule has 5 heteroatoms. The van der Waals surface area contributed by atoms with Crippen LogP contribution in [0.25, 0.3) is 0 Å².